The van der Waals surface area contributed by atoms with Crippen molar-refractivity contribution in [3.8, 4) is 0 Å². The molecule has 1 N–H and O–H groups in total. The van der Waals surface area contributed by atoms with Gasteiger partial charge in [-0.2, -0.15) is 0 Å². The van der Waals surface area contributed by atoms with Crippen molar-refractivity contribution in [1.29, 1.82) is 0 Å². The SMILES string of the molecule is O=C(NC1CCCCCC1)[C@H]1CCCN(C(=O)c2ccc(Cl)cc2)C1. The van der Waals surface area contributed by atoms with E-state index in [0.717, 1.165) is 25.7 Å². The Bertz CT molecular complexity index is 594. The van der Waals surface area contributed by atoms with Crippen LogP contribution >= 0.6 is 11.6 Å². The Labute approximate surface area is 154 Å². The van der Waals surface area contributed by atoms with Crippen molar-refractivity contribution < 1.29 is 9.59 Å². The highest BCUT2D eigenvalue weighted by molar-refractivity contribution is 6.30. The van der Waals surface area contributed by atoms with E-state index in [1.165, 1.54) is 25.7 Å². The minimum absolute atomic E-state index is 0.0105. The van der Waals surface area contributed by atoms with Crippen molar-refractivity contribution in [3.63, 3.8) is 0 Å². The van der Waals surface area contributed by atoms with E-state index in [0.29, 0.717) is 29.7 Å². The van der Waals surface area contributed by atoms with Crippen molar-refractivity contribution in [1.82, 2.24) is 10.2 Å². The van der Waals surface area contributed by atoms with Gasteiger partial charge in [-0.15, -0.1) is 0 Å². The summed E-state index contributed by atoms with van der Waals surface area (Å²) in [6.07, 6.45) is 8.88. The standard InChI is InChI=1S/C20H27ClN2O2/c21-17-11-9-15(10-12-17)20(25)23-13-5-6-16(14-23)19(24)22-18-7-3-1-2-4-8-18/h9-12,16,18H,1-8,13-14H2,(H,22,24)/t16-/m0/s1. The lowest BCUT2D eigenvalue weighted by Crippen LogP contribution is -2.47. The van der Waals surface area contributed by atoms with Gasteiger partial charge in [0, 0.05) is 29.7 Å². The number of nitrogens with zero attached hydrogens (tertiary/aromatic N) is 1. The van der Waals surface area contributed by atoms with Crippen molar-refractivity contribution in [2.24, 2.45) is 5.92 Å². The fourth-order valence-electron chi connectivity index (χ4n) is 3.89. The van der Waals surface area contributed by atoms with E-state index in [-0.39, 0.29) is 17.7 Å². The maximum atomic E-state index is 12.7. The molecule has 0 spiro atoms. The van der Waals surface area contributed by atoms with Crippen molar-refractivity contribution >= 4 is 23.4 Å². The number of carbonyl (C=O) groups is 2. The normalized spacial score (nSPS) is 22.3. The minimum atomic E-state index is -0.0896. The second-order valence-corrected chi connectivity index (χ2v) is 7.73. The molecule has 2 amide bonds. The van der Waals surface area contributed by atoms with E-state index < -0.39 is 0 Å². The fraction of sp³-hybridized carbons (Fsp3) is 0.600. The summed E-state index contributed by atoms with van der Waals surface area (Å²) in [5, 5.41) is 3.86. The van der Waals surface area contributed by atoms with Crippen LogP contribution < -0.4 is 5.32 Å². The number of nitrogens with one attached hydrogen (secondary N) is 1. The van der Waals surface area contributed by atoms with Crippen molar-refractivity contribution in [3.05, 3.63) is 34.9 Å². The third kappa shape index (κ3) is 4.97. The van der Waals surface area contributed by atoms with Crippen LogP contribution in [-0.4, -0.2) is 35.8 Å². The molecule has 2 fully saturated rings. The Balaban J connectivity index is 1.57. The van der Waals surface area contributed by atoms with Gasteiger partial charge >= 0.3 is 0 Å². The molecule has 25 heavy (non-hydrogen) atoms. The zero-order chi connectivity index (χ0) is 17.6. The molecule has 1 aliphatic heterocycles. The number of amides is 2. The van der Waals surface area contributed by atoms with Gasteiger partial charge in [-0.1, -0.05) is 37.3 Å². The third-order valence-corrected chi connectivity index (χ3v) is 5.62. The number of hydrogen-bond acceptors (Lipinski definition) is 2. The first-order valence-electron chi connectivity index (χ1n) is 9.49. The molecule has 0 radical (unpaired) electrons. The van der Waals surface area contributed by atoms with E-state index >= 15 is 0 Å². The van der Waals surface area contributed by atoms with Crippen LogP contribution in [0.4, 0.5) is 0 Å². The number of rotatable bonds is 3. The number of benzene rings is 1. The molecule has 3 rings (SSSR count). The molecule has 1 atom stereocenters. The van der Waals surface area contributed by atoms with Gasteiger partial charge < -0.3 is 10.2 Å². The summed E-state index contributed by atoms with van der Waals surface area (Å²) in [6.45, 7) is 1.23. The molecule has 2 aliphatic rings. The minimum Gasteiger partial charge on any atom is -0.353 e. The van der Waals surface area contributed by atoms with Crippen LogP contribution in [0, 0.1) is 5.92 Å². The Morgan fingerprint density at radius 3 is 2.32 bits per heavy atom. The Morgan fingerprint density at radius 2 is 1.64 bits per heavy atom. The van der Waals surface area contributed by atoms with Gasteiger partial charge in [-0.3, -0.25) is 9.59 Å². The Hall–Kier alpha value is -1.55. The smallest absolute Gasteiger partial charge is 0.253 e. The third-order valence-electron chi connectivity index (χ3n) is 5.37. The first-order chi connectivity index (χ1) is 12.1. The van der Waals surface area contributed by atoms with Gasteiger partial charge in [0.25, 0.3) is 5.91 Å². The molecule has 136 valence electrons. The zero-order valence-corrected chi connectivity index (χ0v) is 15.4. The summed E-state index contributed by atoms with van der Waals surface area (Å²) >= 11 is 5.89. The molecule has 0 aromatic heterocycles. The van der Waals surface area contributed by atoms with E-state index in [1.807, 2.05) is 4.90 Å². The van der Waals surface area contributed by atoms with Crippen LogP contribution in [-0.2, 0) is 4.79 Å². The predicted octanol–water partition coefficient (Wildman–Crippen LogP) is 4.03. The fourth-order valence-corrected chi connectivity index (χ4v) is 4.02. The van der Waals surface area contributed by atoms with Crippen molar-refractivity contribution in [2.45, 2.75) is 57.4 Å². The molecule has 1 aromatic carbocycles. The topological polar surface area (TPSA) is 49.4 Å². The van der Waals surface area contributed by atoms with E-state index in [1.54, 1.807) is 24.3 Å². The van der Waals surface area contributed by atoms with Crippen LogP contribution in [0.15, 0.2) is 24.3 Å². The molecule has 4 nitrogen and oxygen atoms in total. The largest absolute Gasteiger partial charge is 0.353 e. The zero-order valence-electron chi connectivity index (χ0n) is 14.7. The number of likely N-dealkylation sites (tertiary alicyclic amines) is 1. The van der Waals surface area contributed by atoms with Crippen LogP contribution in [0.5, 0.6) is 0 Å². The van der Waals surface area contributed by atoms with Crippen LogP contribution in [0.25, 0.3) is 0 Å². The Morgan fingerprint density at radius 1 is 0.960 bits per heavy atom. The van der Waals surface area contributed by atoms with E-state index in [9.17, 15) is 9.59 Å². The lowest BCUT2D eigenvalue weighted by Gasteiger charge is -2.33. The number of carbonyl (C=O) groups excluding carboxylic acids is 2. The molecule has 1 saturated heterocycles. The van der Waals surface area contributed by atoms with E-state index in [4.69, 9.17) is 11.6 Å². The molecule has 0 bridgehead atoms. The van der Waals surface area contributed by atoms with E-state index in [2.05, 4.69) is 5.32 Å². The highest BCUT2D eigenvalue weighted by atomic mass is 35.5. The lowest BCUT2D eigenvalue weighted by molar-refractivity contribution is -0.127. The second-order valence-electron chi connectivity index (χ2n) is 7.29. The van der Waals surface area contributed by atoms with Crippen molar-refractivity contribution in [2.75, 3.05) is 13.1 Å². The Kier molecular flexibility index (Phi) is 6.35. The molecule has 1 saturated carbocycles. The highest BCUT2D eigenvalue weighted by Crippen LogP contribution is 2.22. The number of piperidine rings is 1. The lowest BCUT2D eigenvalue weighted by atomic mass is 9.95. The maximum absolute atomic E-state index is 12.7. The number of halogens is 1. The maximum Gasteiger partial charge on any atom is 0.253 e. The van der Waals surface area contributed by atoms with Gasteiger partial charge in [0.2, 0.25) is 5.91 Å². The molecule has 1 aromatic rings. The van der Waals surface area contributed by atoms with Crippen LogP contribution in [0.1, 0.15) is 61.7 Å². The summed E-state index contributed by atoms with van der Waals surface area (Å²) in [4.78, 5) is 27.1. The van der Waals surface area contributed by atoms with Gasteiger partial charge in [-0.25, -0.2) is 0 Å². The van der Waals surface area contributed by atoms with Gasteiger partial charge in [0.15, 0.2) is 0 Å². The summed E-state index contributed by atoms with van der Waals surface area (Å²) < 4.78 is 0. The number of hydrogen-bond donors (Lipinski definition) is 1. The van der Waals surface area contributed by atoms with Crippen LogP contribution in [0.3, 0.4) is 0 Å². The molecule has 5 heteroatoms. The highest BCUT2D eigenvalue weighted by Gasteiger charge is 2.30. The first-order valence-corrected chi connectivity index (χ1v) is 9.86. The molecular formula is C20H27ClN2O2. The molecule has 0 unspecified atom stereocenters. The first kappa shape index (κ1) is 18.2. The van der Waals surface area contributed by atoms with Gasteiger partial charge in [0.05, 0.1) is 5.92 Å². The monoisotopic (exact) mass is 362 g/mol. The summed E-state index contributed by atoms with van der Waals surface area (Å²) in [6, 6.07) is 7.28. The average Bonchev–Trinajstić information content (AvgIpc) is 2.90. The average molecular weight is 363 g/mol. The molecule has 1 aliphatic carbocycles. The van der Waals surface area contributed by atoms with Crippen LogP contribution in [0.2, 0.25) is 5.02 Å². The summed E-state index contributed by atoms with van der Waals surface area (Å²) in [5.74, 6) is 0.0254. The summed E-state index contributed by atoms with van der Waals surface area (Å²) in [7, 11) is 0. The second kappa shape index (κ2) is 8.70. The summed E-state index contributed by atoms with van der Waals surface area (Å²) in [5.41, 5.74) is 0.634. The molecular weight excluding hydrogens is 336 g/mol. The quantitative estimate of drug-likeness (QED) is 0.825. The van der Waals surface area contributed by atoms with Gasteiger partial charge in [-0.05, 0) is 49.9 Å². The van der Waals surface area contributed by atoms with Gasteiger partial charge in [0.1, 0.15) is 0 Å². The predicted molar refractivity (Wildman–Crippen MR) is 99.7 cm³/mol. The molecule has 1 heterocycles.